The molecule has 0 aromatic heterocycles. The van der Waals surface area contributed by atoms with Crippen molar-refractivity contribution in [3.8, 4) is 5.75 Å². The highest BCUT2D eigenvalue weighted by Crippen LogP contribution is 2.23. The molecular weight excluding hydrogens is 364 g/mol. The van der Waals surface area contributed by atoms with Crippen LogP contribution in [0.15, 0.2) is 91.5 Å². The van der Waals surface area contributed by atoms with Gasteiger partial charge >= 0.3 is 0 Å². The van der Waals surface area contributed by atoms with Crippen molar-refractivity contribution in [1.29, 1.82) is 0 Å². The first-order chi connectivity index (χ1) is 13.7. The number of hydrogen-bond acceptors (Lipinski definition) is 2. The van der Waals surface area contributed by atoms with E-state index in [2.05, 4.69) is 60.5 Å². The molecule has 0 unspecified atom stereocenters. The largest absolute Gasteiger partial charge is 0.490 e. The normalized spacial score (nSPS) is 11.3. The highest BCUT2D eigenvalue weighted by Gasteiger charge is 2.15. The highest BCUT2D eigenvalue weighted by molar-refractivity contribution is 7.80. The van der Waals surface area contributed by atoms with Crippen molar-refractivity contribution in [3.63, 3.8) is 0 Å². The minimum absolute atomic E-state index is 0.0306. The van der Waals surface area contributed by atoms with E-state index >= 15 is 0 Å². The van der Waals surface area contributed by atoms with Gasteiger partial charge in [0.25, 0.3) is 0 Å². The van der Waals surface area contributed by atoms with Crippen LogP contribution < -0.4 is 15.4 Å². The number of aryl methyl sites for hydroxylation is 1. The number of nitrogens with one attached hydrogen (secondary N) is 2. The molecular formula is C24H24N2OS. The van der Waals surface area contributed by atoms with E-state index in [1.807, 2.05) is 42.5 Å². The molecule has 0 saturated carbocycles. The Kier molecular flexibility index (Phi) is 6.82. The zero-order valence-electron chi connectivity index (χ0n) is 15.9. The van der Waals surface area contributed by atoms with E-state index in [1.54, 1.807) is 6.08 Å². The molecule has 0 amide bonds. The van der Waals surface area contributed by atoms with Crippen LogP contribution in [0.2, 0.25) is 0 Å². The van der Waals surface area contributed by atoms with Gasteiger partial charge in [0.2, 0.25) is 0 Å². The minimum Gasteiger partial charge on any atom is -0.490 e. The fourth-order valence-corrected chi connectivity index (χ4v) is 3.09. The van der Waals surface area contributed by atoms with E-state index in [4.69, 9.17) is 17.0 Å². The maximum absolute atomic E-state index is 5.57. The summed E-state index contributed by atoms with van der Waals surface area (Å²) in [6.07, 6.45) is 1.72. The van der Waals surface area contributed by atoms with E-state index < -0.39 is 0 Å². The molecule has 2 N–H and O–H groups in total. The number of hydrogen-bond donors (Lipinski definition) is 2. The van der Waals surface area contributed by atoms with Crippen LogP contribution in [-0.4, -0.2) is 11.7 Å². The lowest BCUT2D eigenvalue weighted by Gasteiger charge is -2.22. The Bertz CT molecular complexity index is 906. The van der Waals surface area contributed by atoms with Gasteiger partial charge in [0.1, 0.15) is 12.4 Å². The predicted molar refractivity (Wildman–Crippen MR) is 121 cm³/mol. The standard InChI is InChI=1S/C24H24N2OS/c1-3-17-27-22-15-13-21(14-16-22)25-24(28)26-23(19-7-5-4-6-8-19)20-11-9-18(2)10-12-20/h3-16,23H,1,17H2,2H3,(H2,25,26,28)/t23-/m0/s1. The summed E-state index contributed by atoms with van der Waals surface area (Å²) in [6.45, 7) is 6.23. The molecule has 0 fully saturated rings. The van der Waals surface area contributed by atoms with E-state index in [0.717, 1.165) is 22.6 Å². The summed E-state index contributed by atoms with van der Waals surface area (Å²) in [5.74, 6) is 0.797. The lowest BCUT2D eigenvalue weighted by Crippen LogP contribution is -2.33. The van der Waals surface area contributed by atoms with Crippen LogP contribution in [0.1, 0.15) is 22.7 Å². The van der Waals surface area contributed by atoms with Crippen molar-refractivity contribution >= 4 is 23.0 Å². The Balaban J connectivity index is 1.72. The molecule has 4 heteroatoms. The SMILES string of the molecule is C=CCOc1ccc(NC(=S)N[C@@H](c2ccccc2)c2ccc(C)cc2)cc1. The molecule has 0 bridgehead atoms. The van der Waals surface area contributed by atoms with Gasteiger partial charge in [-0.15, -0.1) is 0 Å². The number of ether oxygens (including phenoxy) is 1. The predicted octanol–water partition coefficient (Wildman–Crippen LogP) is 5.64. The smallest absolute Gasteiger partial charge is 0.171 e. The first-order valence-corrected chi connectivity index (χ1v) is 9.59. The molecule has 1 atom stereocenters. The number of benzene rings is 3. The monoisotopic (exact) mass is 388 g/mol. The molecule has 3 nitrogen and oxygen atoms in total. The van der Waals surface area contributed by atoms with Crippen molar-refractivity contribution in [3.05, 3.63) is 108 Å². The molecule has 3 aromatic rings. The van der Waals surface area contributed by atoms with Crippen LogP contribution in [0.3, 0.4) is 0 Å². The second-order valence-electron chi connectivity index (χ2n) is 6.48. The Morgan fingerprint density at radius 1 is 0.964 bits per heavy atom. The maximum Gasteiger partial charge on any atom is 0.171 e. The summed E-state index contributed by atoms with van der Waals surface area (Å²) < 4.78 is 5.51. The molecule has 0 radical (unpaired) electrons. The molecule has 142 valence electrons. The fourth-order valence-electron chi connectivity index (χ4n) is 2.85. The van der Waals surface area contributed by atoms with Gasteiger partial charge in [-0.1, -0.05) is 72.8 Å². The van der Waals surface area contributed by atoms with Gasteiger partial charge in [0.05, 0.1) is 6.04 Å². The maximum atomic E-state index is 5.57. The number of thiocarbonyl (C=S) groups is 1. The van der Waals surface area contributed by atoms with E-state index in [-0.39, 0.29) is 6.04 Å². The summed E-state index contributed by atoms with van der Waals surface area (Å²) in [7, 11) is 0. The lowest BCUT2D eigenvalue weighted by molar-refractivity contribution is 0.363. The summed E-state index contributed by atoms with van der Waals surface area (Å²) in [5.41, 5.74) is 4.45. The molecule has 0 saturated heterocycles. The minimum atomic E-state index is -0.0306. The van der Waals surface area contributed by atoms with Crippen molar-refractivity contribution in [2.24, 2.45) is 0 Å². The van der Waals surface area contributed by atoms with Gasteiger partial charge in [-0.25, -0.2) is 0 Å². The number of rotatable bonds is 7. The average molecular weight is 389 g/mol. The Morgan fingerprint density at radius 2 is 1.61 bits per heavy atom. The summed E-state index contributed by atoms with van der Waals surface area (Å²) in [4.78, 5) is 0. The van der Waals surface area contributed by atoms with Crippen LogP contribution >= 0.6 is 12.2 Å². The van der Waals surface area contributed by atoms with Crippen molar-refractivity contribution in [2.45, 2.75) is 13.0 Å². The number of anilines is 1. The third-order valence-corrected chi connectivity index (χ3v) is 4.52. The summed E-state index contributed by atoms with van der Waals surface area (Å²) in [6, 6.07) is 26.5. The first-order valence-electron chi connectivity index (χ1n) is 9.18. The third-order valence-electron chi connectivity index (χ3n) is 4.30. The van der Waals surface area contributed by atoms with Gasteiger partial charge in [0.15, 0.2) is 5.11 Å². The quantitative estimate of drug-likeness (QED) is 0.406. The molecule has 0 heterocycles. The molecule has 0 spiro atoms. The second-order valence-corrected chi connectivity index (χ2v) is 6.89. The molecule has 3 rings (SSSR count). The first kappa shape index (κ1) is 19.6. The van der Waals surface area contributed by atoms with Crippen molar-refractivity contribution in [2.75, 3.05) is 11.9 Å². The summed E-state index contributed by atoms with van der Waals surface area (Å²) >= 11 is 5.57. The van der Waals surface area contributed by atoms with Crippen LogP contribution in [0.25, 0.3) is 0 Å². The van der Waals surface area contributed by atoms with Gasteiger partial charge < -0.3 is 15.4 Å². The van der Waals surface area contributed by atoms with Crippen LogP contribution in [0.4, 0.5) is 5.69 Å². The Morgan fingerprint density at radius 3 is 2.25 bits per heavy atom. The molecule has 28 heavy (non-hydrogen) atoms. The van der Waals surface area contributed by atoms with Crippen molar-refractivity contribution in [1.82, 2.24) is 5.32 Å². The highest BCUT2D eigenvalue weighted by atomic mass is 32.1. The Hall–Kier alpha value is -3.11. The van der Waals surface area contributed by atoms with Gasteiger partial charge in [-0.2, -0.15) is 0 Å². The summed E-state index contributed by atoms with van der Waals surface area (Å²) in [5, 5.41) is 7.26. The average Bonchev–Trinajstić information content (AvgIpc) is 2.73. The van der Waals surface area contributed by atoms with E-state index in [9.17, 15) is 0 Å². The zero-order valence-corrected chi connectivity index (χ0v) is 16.7. The lowest BCUT2D eigenvalue weighted by atomic mass is 9.98. The van der Waals surface area contributed by atoms with E-state index in [1.165, 1.54) is 5.56 Å². The molecule has 0 aliphatic heterocycles. The van der Waals surface area contributed by atoms with E-state index in [0.29, 0.717) is 11.7 Å². The van der Waals surface area contributed by atoms with Crippen LogP contribution in [0.5, 0.6) is 5.75 Å². The third kappa shape index (κ3) is 5.44. The van der Waals surface area contributed by atoms with Gasteiger partial charge in [0, 0.05) is 5.69 Å². The molecule has 3 aromatic carbocycles. The van der Waals surface area contributed by atoms with Gasteiger partial charge in [-0.3, -0.25) is 0 Å². The van der Waals surface area contributed by atoms with Crippen LogP contribution in [-0.2, 0) is 0 Å². The Labute approximate surface area is 172 Å². The fraction of sp³-hybridized carbons (Fsp3) is 0.125. The topological polar surface area (TPSA) is 33.3 Å². The molecule has 0 aliphatic rings. The second kappa shape index (κ2) is 9.72. The van der Waals surface area contributed by atoms with Gasteiger partial charge in [-0.05, 0) is 54.5 Å². The zero-order chi connectivity index (χ0) is 19.8. The van der Waals surface area contributed by atoms with Crippen molar-refractivity contribution < 1.29 is 4.74 Å². The van der Waals surface area contributed by atoms with Crippen LogP contribution in [0, 0.1) is 6.92 Å². The molecule has 0 aliphatic carbocycles.